The predicted molar refractivity (Wildman–Crippen MR) is 78.3 cm³/mol. The van der Waals surface area contributed by atoms with Gasteiger partial charge in [-0.05, 0) is 30.0 Å². The molecular weight excluding hydrogens is 276 g/mol. The van der Waals surface area contributed by atoms with Crippen LogP contribution >= 0.6 is 11.6 Å². The van der Waals surface area contributed by atoms with E-state index in [0.717, 1.165) is 5.56 Å². The van der Waals surface area contributed by atoms with E-state index in [4.69, 9.17) is 11.6 Å². The quantitative estimate of drug-likeness (QED) is 0.925. The van der Waals surface area contributed by atoms with Crippen LogP contribution in [0.25, 0.3) is 0 Å². The van der Waals surface area contributed by atoms with Crippen molar-refractivity contribution in [2.24, 2.45) is 5.92 Å². The number of benzene rings is 1. The number of halogens is 1. The van der Waals surface area contributed by atoms with E-state index in [0.29, 0.717) is 23.9 Å². The highest BCUT2D eigenvalue weighted by Crippen LogP contribution is 2.19. The Morgan fingerprint density at radius 3 is 2.55 bits per heavy atom. The Morgan fingerprint density at radius 1 is 1.30 bits per heavy atom. The van der Waals surface area contributed by atoms with Gasteiger partial charge in [0.1, 0.15) is 6.04 Å². The predicted octanol–water partition coefficient (Wildman–Crippen LogP) is 2.21. The molecule has 1 heterocycles. The fourth-order valence-corrected chi connectivity index (χ4v) is 2.49. The standard InChI is InChI=1S/C15H19ClN2O2/c1-10(2)7-13-15(20)17-8-14(19)18(13)9-11-3-5-12(16)6-4-11/h3-6,10,13H,7-9H2,1-2H3,(H,17,20). The molecule has 108 valence electrons. The van der Waals surface area contributed by atoms with Gasteiger partial charge in [0.05, 0.1) is 6.54 Å². The molecule has 1 aromatic carbocycles. The van der Waals surface area contributed by atoms with Gasteiger partial charge >= 0.3 is 0 Å². The van der Waals surface area contributed by atoms with E-state index in [-0.39, 0.29) is 24.4 Å². The van der Waals surface area contributed by atoms with E-state index in [1.807, 2.05) is 26.0 Å². The molecule has 0 radical (unpaired) electrons. The molecule has 0 saturated carbocycles. The summed E-state index contributed by atoms with van der Waals surface area (Å²) in [5.74, 6) is 0.252. The van der Waals surface area contributed by atoms with Gasteiger partial charge in [-0.2, -0.15) is 0 Å². The molecule has 1 N–H and O–H groups in total. The van der Waals surface area contributed by atoms with Crippen molar-refractivity contribution in [1.82, 2.24) is 10.2 Å². The number of nitrogens with zero attached hydrogens (tertiary/aromatic N) is 1. The van der Waals surface area contributed by atoms with Crippen LogP contribution in [0.3, 0.4) is 0 Å². The zero-order valence-electron chi connectivity index (χ0n) is 11.7. The fraction of sp³-hybridized carbons (Fsp3) is 0.467. The second kappa shape index (κ2) is 6.27. The number of piperazine rings is 1. The molecule has 1 aliphatic rings. The minimum absolute atomic E-state index is 0.0369. The van der Waals surface area contributed by atoms with Crippen LogP contribution < -0.4 is 5.32 Å². The van der Waals surface area contributed by atoms with E-state index >= 15 is 0 Å². The third-order valence-corrected chi connectivity index (χ3v) is 3.63. The zero-order chi connectivity index (χ0) is 14.7. The lowest BCUT2D eigenvalue weighted by atomic mass is 9.99. The van der Waals surface area contributed by atoms with E-state index in [9.17, 15) is 9.59 Å². The first-order valence-electron chi connectivity index (χ1n) is 6.79. The Hall–Kier alpha value is -1.55. The number of carbonyl (C=O) groups is 2. The second-order valence-electron chi connectivity index (χ2n) is 5.51. The molecule has 2 amide bonds. The SMILES string of the molecule is CC(C)CC1C(=O)NCC(=O)N1Cc1ccc(Cl)cc1. The smallest absolute Gasteiger partial charge is 0.243 e. The highest BCUT2D eigenvalue weighted by molar-refractivity contribution is 6.30. The number of hydrogen-bond donors (Lipinski definition) is 1. The number of carbonyl (C=O) groups excluding carboxylic acids is 2. The molecule has 0 aliphatic carbocycles. The molecule has 5 heteroatoms. The first kappa shape index (κ1) is 14.9. The molecule has 4 nitrogen and oxygen atoms in total. The Morgan fingerprint density at radius 2 is 1.95 bits per heavy atom. The van der Waals surface area contributed by atoms with E-state index < -0.39 is 0 Å². The molecule has 1 aliphatic heterocycles. The molecule has 20 heavy (non-hydrogen) atoms. The average Bonchev–Trinajstić information content (AvgIpc) is 2.40. The Bertz CT molecular complexity index is 499. The summed E-state index contributed by atoms with van der Waals surface area (Å²) >= 11 is 5.86. The maximum absolute atomic E-state index is 12.1. The molecule has 0 spiro atoms. The van der Waals surface area contributed by atoms with Gasteiger partial charge in [-0.25, -0.2) is 0 Å². The largest absolute Gasteiger partial charge is 0.345 e. The molecule has 0 bridgehead atoms. The van der Waals surface area contributed by atoms with Crippen LogP contribution in [-0.4, -0.2) is 29.3 Å². The summed E-state index contributed by atoms with van der Waals surface area (Å²) in [4.78, 5) is 25.8. The summed E-state index contributed by atoms with van der Waals surface area (Å²) < 4.78 is 0. The molecule has 1 fully saturated rings. The molecule has 1 aromatic rings. The summed E-state index contributed by atoms with van der Waals surface area (Å²) in [6.07, 6.45) is 0.672. The lowest BCUT2D eigenvalue weighted by molar-refractivity contribution is -0.146. The van der Waals surface area contributed by atoms with Crippen LogP contribution in [0.15, 0.2) is 24.3 Å². The van der Waals surface area contributed by atoms with Gasteiger partial charge in [0.25, 0.3) is 0 Å². The van der Waals surface area contributed by atoms with Crippen molar-refractivity contribution >= 4 is 23.4 Å². The van der Waals surface area contributed by atoms with Crippen LogP contribution in [0.2, 0.25) is 5.02 Å². The molecule has 1 unspecified atom stereocenters. The Labute approximate surface area is 124 Å². The lowest BCUT2D eigenvalue weighted by Gasteiger charge is -2.36. The molecular formula is C15H19ClN2O2. The van der Waals surface area contributed by atoms with Crippen molar-refractivity contribution in [3.63, 3.8) is 0 Å². The van der Waals surface area contributed by atoms with Gasteiger partial charge in [0, 0.05) is 11.6 Å². The zero-order valence-corrected chi connectivity index (χ0v) is 12.5. The highest BCUT2D eigenvalue weighted by Gasteiger charge is 2.34. The van der Waals surface area contributed by atoms with Crippen LogP contribution in [0, 0.1) is 5.92 Å². The van der Waals surface area contributed by atoms with Crippen molar-refractivity contribution in [2.75, 3.05) is 6.54 Å². The van der Waals surface area contributed by atoms with Gasteiger partial charge in [0.15, 0.2) is 0 Å². The average molecular weight is 295 g/mol. The summed E-state index contributed by atoms with van der Waals surface area (Å²) in [5.41, 5.74) is 0.978. The normalized spacial score (nSPS) is 19.4. The topological polar surface area (TPSA) is 49.4 Å². The maximum Gasteiger partial charge on any atom is 0.243 e. The van der Waals surface area contributed by atoms with Gasteiger partial charge < -0.3 is 10.2 Å². The van der Waals surface area contributed by atoms with Crippen LogP contribution in [0.4, 0.5) is 0 Å². The number of amides is 2. The van der Waals surface area contributed by atoms with Crippen molar-refractivity contribution in [3.05, 3.63) is 34.9 Å². The summed E-state index contributed by atoms with van der Waals surface area (Å²) in [5, 5.41) is 3.32. The summed E-state index contributed by atoms with van der Waals surface area (Å²) in [6, 6.07) is 6.97. The number of nitrogens with one attached hydrogen (secondary N) is 1. The lowest BCUT2D eigenvalue weighted by Crippen LogP contribution is -2.58. The fourth-order valence-electron chi connectivity index (χ4n) is 2.36. The van der Waals surface area contributed by atoms with Crippen LogP contribution in [0.1, 0.15) is 25.8 Å². The van der Waals surface area contributed by atoms with Crippen LogP contribution in [0.5, 0.6) is 0 Å². The van der Waals surface area contributed by atoms with Crippen LogP contribution in [-0.2, 0) is 16.1 Å². The highest BCUT2D eigenvalue weighted by atomic mass is 35.5. The maximum atomic E-state index is 12.1. The summed E-state index contributed by atoms with van der Waals surface area (Å²) in [6.45, 7) is 4.63. The number of hydrogen-bond acceptors (Lipinski definition) is 2. The Balaban J connectivity index is 2.17. The molecule has 1 atom stereocenters. The van der Waals surface area contributed by atoms with Gasteiger partial charge in [-0.3, -0.25) is 9.59 Å². The third kappa shape index (κ3) is 3.51. The van der Waals surface area contributed by atoms with Gasteiger partial charge in [-0.1, -0.05) is 37.6 Å². The van der Waals surface area contributed by atoms with Gasteiger partial charge in [-0.15, -0.1) is 0 Å². The van der Waals surface area contributed by atoms with Gasteiger partial charge in [0.2, 0.25) is 11.8 Å². The second-order valence-corrected chi connectivity index (χ2v) is 5.95. The van der Waals surface area contributed by atoms with Crippen molar-refractivity contribution in [3.8, 4) is 0 Å². The Kier molecular flexibility index (Phi) is 4.65. The number of rotatable bonds is 4. The van der Waals surface area contributed by atoms with E-state index in [1.54, 1.807) is 17.0 Å². The molecule has 2 rings (SSSR count). The minimum atomic E-state index is -0.382. The molecule has 0 aromatic heterocycles. The van der Waals surface area contributed by atoms with Crippen molar-refractivity contribution in [2.45, 2.75) is 32.9 Å². The first-order valence-corrected chi connectivity index (χ1v) is 7.17. The third-order valence-electron chi connectivity index (χ3n) is 3.37. The van der Waals surface area contributed by atoms with Crippen molar-refractivity contribution < 1.29 is 9.59 Å². The summed E-state index contributed by atoms with van der Waals surface area (Å²) in [7, 11) is 0. The monoisotopic (exact) mass is 294 g/mol. The van der Waals surface area contributed by atoms with E-state index in [1.165, 1.54) is 0 Å². The molecule has 1 saturated heterocycles. The van der Waals surface area contributed by atoms with Crippen molar-refractivity contribution in [1.29, 1.82) is 0 Å². The first-order chi connectivity index (χ1) is 9.47. The minimum Gasteiger partial charge on any atom is -0.345 e. The van der Waals surface area contributed by atoms with E-state index in [2.05, 4.69) is 5.32 Å².